The molecule has 0 spiro atoms. The van der Waals surface area contributed by atoms with E-state index in [0.717, 1.165) is 48.1 Å². The molecule has 0 N–H and O–H groups in total. The van der Waals surface area contributed by atoms with Gasteiger partial charge in [-0.2, -0.15) is 0 Å². The van der Waals surface area contributed by atoms with E-state index < -0.39 is 0 Å². The number of methoxy groups -OCH3 is 1. The Morgan fingerprint density at radius 2 is 2.18 bits per heavy atom. The highest BCUT2D eigenvalue weighted by Crippen LogP contribution is 2.33. The average molecular weight is 251 g/mol. The van der Waals surface area contributed by atoms with Crippen LogP contribution in [-0.2, 0) is 4.74 Å². The first-order chi connectivity index (χ1) is 8.40. The molecule has 0 amide bonds. The molecule has 0 bridgehead atoms. The number of morpholine rings is 1. The van der Waals surface area contributed by atoms with E-state index in [0.29, 0.717) is 0 Å². The molecule has 0 unspecified atom stereocenters. The molecule has 1 aliphatic heterocycles. The third kappa shape index (κ3) is 1.83. The van der Waals surface area contributed by atoms with Gasteiger partial charge in [-0.15, -0.1) is 11.3 Å². The molecule has 1 saturated heterocycles. The van der Waals surface area contributed by atoms with Crippen LogP contribution in [0.2, 0.25) is 0 Å². The number of anilines is 1. The molecule has 2 aromatic rings. The molecule has 1 aliphatic rings. The molecular formula is C11H13N3O2S. The van der Waals surface area contributed by atoms with Crippen molar-refractivity contribution in [2.24, 2.45) is 0 Å². The average Bonchev–Trinajstić information content (AvgIpc) is 2.88. The zero-order valence-electron chi connectivity index (χ0n) is 9.55. The molecule has 1 fully saturated rings. The standard InChI is InChI=1S/C11H13N3O2S/c1-15-8-6-12-11(10-9(8)13-7-17-10)14-2-4-16-5-3-14/h6-7H,2-5H2,1H3. The molecule has 5 nitrogen and oxygen atoms in total. The Kier molecular flexibility index (Phi) is 2.82. The number of thiazole rings is 1. The van der Waals surface area contributed by atoms with E-state index in [4.69, 9.17) is 9.47 Å². The minimum absolute atomic E-state index is 0.734. The van der Waals surface area contributed by atoms with Crippen molar-refractivity contribution < 1.29 is 9.47 Å². The largest absolute Gasteiger partial charge is 0.493 e. The Labute approximate surface area is 103 Å². The van der Waals surface area contributed by atoms with Crippen LogP contribution >= 0.6 is 11.3 Å². The predicted molar refractivity (Wildman–Crippen MR) is 67.0 cm³/mol. The van der Waals surface area contributed by atoms with Crippen LogP contribution in [0.15, 0.2) is 11.7 Å². The lowest BCUT2D eigenvalue weighted by atomic mass is 10.3. The fraction of sp³-hybridized carbons (Fsp3) is 0.455. The van der Waals surface area contributed by atoms with Gasteiger partial charge >= 0.3 is 0 Å². The van der Waals surface area contributed by atoms with Crippen LogP contribution in [0, 0.1) is 0 Å². The zero-order chi connectivity index (χ0) is 11.7. The Hall–Kier alpha value is -1.40. The summed E-state index contributed by atoms with van der Waals surface area (Å²) in [6.07, 6.45) is 1.74. The third-order valence-corrected chi connectivity index (χ3v) is 3.66. The van der Waals surface area contributed by atoms with Gasteiger partial charge in [0, 0.05) is 13.1 Å². The Bertz CT molecular complexity index is 522. The molecule has 0 aromatic carbocycles. The van der Waals surface area contributed by atoms with Crippen molar-refractivity contribution >= 4 is 27.4 Å². The molecule has 6 heteroatoms. The molecule has 17 heavy (non-hydrogen) atoms. The van der Waals surface area contributed by atoms with Crippen molar-refractivity contribution in [3.8, 4) is 5.75 Å². The Morgan fingerprint density at radius 1 is 1.35 bits per heavy atom. The lowest BCUT2D eigenvalue weighted by Crippen LogP contribution is -2.36. The molecule has 3 rings (SSSR count). The predicted octanol–water partition coefficient (Wildman–Crippen LogP) is 1.54. The fourth-order valence-corrected chi connectivity index (χ4v) is 2.79. The fourth-order valence-electron chi connectivity index (χ4n) is 1.97. The number of hydrogen-bond acceptors (Lipinski definition) is 6. The van der Waals surface area contributed by atoms with Crippen LogP contribution < -0.4 is 9.64 Å². The molecule has 0 aliphatic carbocycles. The SMILES string of the molecule is COc1cnc(N2CCOCC2)c2scnc12. The molecule has 0 saturated carbocycles. The first-order valence-corrected chi connectivity index (χ1v) is 6.37. The first-order valence-electron chi connectivity index (χ1n) is 5.49. The van der Waals surface area contributed by atoms with Gasteiger partial charge in [0.15, 0.2) is 5.75 Å². The second-order valence-electron chi connectivity index (χ2n) is 3.78. The summed E-state index contributed by atoms with van der Waals surface area (Å²) in [5.74, 6) is 1.73. The maximum atomic E-state index is 5.35. The van der Waals surface area contributed by atoms with Gasteiger partial charge in [-0.1, -0.05) is 0 Å². The summed E-state index contributed by atoms with van der Waals surface area (Å²) in [5.41, 5.74) is 2.73. The number of ether oxygens (including phenoxy) is 2. The summed E-state index contributed by atoms with van der Waals surface area (Å²) in [4.78, 5) is 11.1. The van der Waals surface area contributed by atoms with E-state index >= 15 is 0 Å². The second kappa shape index (κ2) is 4.46. The van der Waals surface area contributed by atoms with Gasteiger partial charge in [0.25, 0.3) is 0 Å². The highest BCUT2D eigenvalue weighted by molar-refractivity contribution is 7.17. The molecular weight excluding hydrogens is 238 g/mol. The molecule has 90 valence electrons. The van der Waals surface area contributed by atoms with Crippen LogP contribution in [0.1, 0.15) is 0 Å². The quantitative estimate of drug-likeness (QED) is 0.810. The van der Waals surface area contributed by atoms with E-state index in [9.17, 15) is 0 Å². The van der Waals surface area contributed by atoms with E-state index in [1.165, 1.54) is 0 Å². The summed E-state index contributed by atoms with van der Waals surface area (Å²) in [5, 5.41) is 0. The van der Waals surface area contributed by atoms with Gasteiger partial charge in [0.2, 0.25) is 0 Å². The molecule has 0 radical (unpaired) electrons. The van der Waals surface area contributed by atoms with Crippen LogP contribution in [0.3, 0.4) is 0 Å². The molecule has 0 atom stereocenters. The van der Waals surface area contributed by atoms with Crippen LogP contribution in [0.5, 0.6) is 5.75 Å². The number of nitrogens with zero attached hydrogens (tertiary/aromatic N) is 3. The van der Waals surface area contributed by atoms with Crippen LogP contribution in [-0.4, -0.2) is 43.4 Å². The maximum Gasteiger partial charge on any atom is 0.164 e. The minimum atomic E-state index is 0.734. The summed E-state index contributed by atoms with van der Waals surface area (Å²) in [6, 6.07) is 0. The summed E-state index contributed by atoms with van der Waals surface area (Å²) in [6.45, 7) is 3.28. The zero-order valence-corrected chi connectivity index (χ0v) is 10.4. The van der Waals surface area contributed by atoms with Crippen molar-refractivity contribution in [1.29, 1.82) is 0 Å². The lowest BCUT2D eigenvalue weighted by molar-refractivity contribution is 0.122. The van der Waals surface area contributed by atoms with E-state index in [-0.39, 0.29) is 0 Å². The van der Waals surface area contributed by atoms with Gasteiger partial charge in [-0.3, -0.25) is 0 Å². The minimum Gasteiger partial charge on any atom is -0.493 e. The third-order valence-electron chi connectivity index (χ3n) is 2.84. The number of hydrogen-bond donors (Lipinski definition) is 0. The van der Waals surface area contributed by atoms with Gasteiger partial charge in [0.05, 0.1) is 32.0 Å². The smallest absolute Gasteiger partial charge is 0.164 e. The maximum absolute atomic E-state index is 5.35. The molecule has 3 heterocycles. The van der Waals surface area contributed by atoms with Crippen LogP contribution in [0.4, 0.5) is 5.82 Å². The highest BCUT2D eigenvalue weighted by Gasteiger charge is 2.18. The van der Waals surface area contributed by atoms with Crippen molar-refractivity contribution in [1.82, 2.24) is 9.97 Å². The second-order valence-corrected chi connectivity index (χ2v) is 4.63. The topological polar surface area (TPSA) is 47.5 Å². The normalized spacial score (nSPS) is 16.4. The number of pyridine rings is 1. The monoisotopic (exact) mass is 251 g/mol. The van der Waals surface area contributed by atoms with Crippen LogP contribution in [0.25, 0.3) is 10.2 Å². The van der Waals surface area contributed by atoms with Crippen molar-refractivity contribution in [3.05, 3.63) is 11.7 Å². The van der Waals surface area contributed by atoms with Crippen molar-refractivity contribution in [3.63, 3.8) is 0 Å². The van der Waals surface area contributed by atoms with Gasteiger partial charge < -0.3 is 14.4 Å². The summed E-state index contributed by atoms with van der Waals surface area (Å²) in [7, 11) is 1.64. The first kappa shape index (κ1) is 10.7. The Balaban J connectivity index is 2.07. The highest BCUT2D eigenvalue weighted by atomic mass is 32.1. The lowest BCUT2D eigenvalue weighted by Gasteiger charge is -2.28. The summed E-state index contributed by atoms with van der Waals surface area (Å²) >= 11 is 1.60. The van der Waals surface area contributed by atoms with E-state index in [1.807, 2.05) is 5.51 Å². The number of fused-ring (bicyclic) bond motifs is 1. The summed E-state index contributed by atoms with van der Waals surface area (Å²) < 4.78 is 11.7. The van der Waals surface area contributed by atoms with E-state index in [1.54, 1.807) is 24.6 Å². The van der Waals surface area contributed by atoms with Gasteiger partial charge in [0.1, 0.15) is 16.0 Å². The number of rotatable bonds is 2. The molecule has 2 aromatic heterocycles. The van der Waals surface area contributed by atoms with Crippen molar-refractivity contribution in [2.45, 2.75) is 0 Å². The van der Waals surface area contributed by atoms with E-state index in [2.05, 4.69) is 14.9 Å². The van der Waals surface area contributed by atoms with Crippen molar-refractivity contribution in [2.75, 3.05) is 38.3 Å². The van der Waals surface area contributed by atoms with Gasteiger partial charge in [-0.05, 0) is 0 Å². The Morgan fingerprint density at radius 3 is 2.94 bits per heavy atom. The van der Waals surface area contributed by atoms with Gasteiger partial charge in [-0.25, -0.2) is 9.97 Å². The number of aromatic nitrogens is 2.